The minimum atomic E-state index is -0.935. The molecule has 1 aliphatic rings. The summed E-state index contributed by atoms with van der Waals surface area (Å²) >= 11 is 1.53. The normalized spacial score (nSPS) is 24.4. The molecule has 2 amide bonds. The third kappa shape index (κ3) is 3.54. The zero-order valence-electron chi connectivity index (χ0n) is 11.6. The number of hydrogen-bond acceptors (Lipinski definition) is 3. The maximum atomic E-state index is 12.2. The third-order valence-electron chi connectivity index (χ3n) is 2.61. The van der Waals surface area contributed by atoms with Crippen molar-refractivity contribution in [3.05, 3.63) is 0 Å². The topological polar surface area (TPSA) is 69.6 Å². The molecular weight excluding hydrogens is 252 g/mol. The monoisotopic (exact) mass is 274 g/mol. The van der Waals surface area contributed by atoms with Crippen LogP contribution in [0.5, 0.6) is 0 Å². The van der Waals surface area contributed by atoms with Crippen LogP contribution >= 0.6 is 11.8 Å². The van der Waals surface area contributed by atoms with Crippen LogP contribution in [-0.2, 0) is 4.79 Å². The Morgan fingerprint density at radius 2 is 1.94 bits per heavy atom. The zero-order chi connectivity index (χ0) is 14.1. The van der Waals surface area contributed by atoms with Gasteiger partial charge >= 0.3 is 12.0 Å². The Morgan fingerprint density at radius 1 is 1.39 bits per heavy atom. The first-order chi connectivity index (χ1) is 8.13. The number of rotatable bonds is 2. The Hall–Kier alpha value is -0.910. The molecule has 1 aliphatic heterocycles. The number of carbonyl (C=O) groups is 2. The van der Waals surface area contributed by atoms with Gasteiger partial charge < -0.3 is 10.4 Å². The van der Waals surface area contributed by atoms with E-state index >= 15 is 0 Å². The highest BCUT2D eigenvalue weighted by Crippen LogP contribution is 2.34. The Balaban J connectivity index is 2.89. The second kappa shape index (κ2) is 5.38. The summed E-state index contributed by atoms with van der Waals surface area (Å²) in [4.78, 5) is 24.9. The van der Waals surface area contributed by atoms with Crippen molar-refractivity contribution >= 4 is 23.8 Å². The van der Waals surface area contributed by atoms with Gasteiger partial charge in [-0.2, -0.15) is 0 Å². The van der Waals surface area contributed by atoms with E-state index in [4.69, 9.17) is 0 Å². The molecule has 6 heteroatoms. The predicted molar refractivity (Wildman–Crippen MR) is 72.6 cm³/mol. The zero-order valence-corrected chi connectivity index (χ0v) is 12.4. The molecule has 0 aromatic rings. The highest BCUT2D eigenvalue weighted by atomic mass is 32.2. The quantitative estimate of drug-likeness (QED) is 0.808. The van der Waals surface area contributed by atoms with E-state index in [-0.39, 0.29) is 22.9 Å². The number of nitrogens with zero attached hydrogens (tertiary/aromatic N) is 1. The fourth-order valence-corrected chi connectivity index (χ4v) is 3.34. The van der Waals surface area contributed by atoms with Crippen LogP contribution in [0.15, 0.2) is 0 Å². The summed E-state index contributed by atoms with van der Waals surface area (Å²) in [7, 11) is 0. The first kappa shape index (κ1) is 15.1. The van der Waals surface area contributed by atoms with Crippen LogP contribution < -0.4 is 5.32 Å². The fourth-order valence-electron chi connectivity index (χ4n) is 1.87. The molecule has 1 heterocycles. The molecule has 1 rings (SSSR count). The molecule has 18 heavy (non-hydrogen) atoms. The molecular formula is C12H22N2O3S. The van der Waals surface area contributed by atoms with Gasteiger partial charge in [0.1, 0.15) is 6.04 Å². The summed E-state index contributed by atoms with van der Waals surface area (Å²) in [5.41, 5.74) is -0.366. The molecule has 0 saturated carbocycles. The van der Waals surface area contributed by atoms with Gasteiger partial charge in [0.2, 0.25) is 0 Å². The van der Waals surface area contributed by atoms with E-state index in [1.165, 1.54) is 16.7 Å². The molecule has 0 radical (unpaired) electrons. The number of carboxylic acid groups (broad SMARTS) is 1. The molecule has 0 spiro atoms. The standard InChI is InChI=1S/C12H22N2O3S/c1-7(2)9-14(8(6-18-9)10(15)16)11(17)13-12(3,4)5/h7-9H,6H2,1-5H3,(H,13,17)(H,15,16). The summed E-state index contributed by atoms with van der Waals surface area (Å²) < 4.78 is 0. The Labute approximate surface area is 112 Å². The van der Waals surface area contributed by atoms with Gasteiger partial charge in [0.15, 0.2) is 0 Å². The van der Waals surface area contributed by atoms with E-state index in [0.29, 0.717) is 5.75 Å². The molecule has 2 atom stereocenters. The first-order valence-electron chi connectivity index (χ1n) is 6.08. The summed E-state index contributed by atoms with van der Waals surface area (Å²) in [6.07, 6.45) is 0. The van der Waals surface area contributed by atoms with Crippen LogP contribution in [0.3, 0.4) is 0 Å². The van der Waals surface area contributed by atoms with E-state index in [1.54, 1.807) is 0 Å². The first-order valence-corrected chi connectivity index (χ1v) is 7.13. The molecule has 1 saturated heterocycles. The summed E-state index contributed by atoms with van der Waals surface area (Å²) in [6, 6.07) is -1.02. The van der Waals surface area contributed by atoms with E-state index < -0.39 is 12.0 Å². The van der Waals surface area contributed by atoms with Crippen molar-refractivity contribution in [3.8, 4) is 0 Å². The number of thioether (sulfide) groups is 1. The molecule has 0 bridgehead atoms. The van der Waals surface area contributed by atoms with Crippen LogP contribution in [0.25, 0.3) is 0 Å². The highest BCUT2D eigenvalue weighted by molar-refractivity contribution is 8.00. The summed E-state index contributed by atoms with van der Waals surface area (Å²) in [5.74, 6) is -0.254. The molecule has 2 unspecified atom stereocenters. The van der Waals surface area contributed by atoms with Gasteiger partial charge in [-0.05, 0) is 26.7 Å². The van der Waals surface area contributed by atoms with Crippen LogP contribution in [0.1, 0.15) is 34.6 Å². The second-order valence-corrected chi connectivity index (χ2v) is 7.06. The molecule has 0 aromatic heterocycles. The smallest absolute Gasteiger partial charge is 0.327 e. The van der Waals surface area contributed by atoms with Crippen molar-refractivity contribution < 1.29 is 14.7 Å². The third-order valence-corrected chi connectivity index (χ3v) is 4.23. The lowest BCUT2D eigenvalue weighted by Gasteiger charge is -2.33. The number of aliphatic carboxylic acids is 1. The number of carbonyl (C=O) groups excluding carboxylic acids is 1. The van der Waals surface area contributed by atoms with Crippen LogP contribution in [0.4, 0.5) is 4.79 Å². The molecule has 2 N–H and O–H groups in total. The van der Waals surface area contributed by atoms with Crippen molar-refractivity contribution in [2.24, 2.45) is 5.92 Å². The Bertz CT molecular complexity index is 339. The summed E-state index contributed by atoms with van der Waals surface area (Å²) in [6.45, 7) is 9.65. The second-order valence-electron chi connectivity index (χ2n) is 5.91. The van der Waals surface area contributed by atoms with Crippen molar-refractivity contribution in [3.63, 3.8) is 0 Å². The Kier molecular flexibility index (Phi) is 4.53. The van der Waals surface area contributed by atoms with E-state index in [1.807, 2.05) is 34.6 Å². The largest absolute Gasteiger partial charge is 0.480 e. The summed E-state index contributed by atoms with van der Waals surface area (Å²) in [5, 5.41) is 12.0. The molecule has 0 aromatic carbocycles. The van der Waals surface area contributed by atoms with E-state index in [2.05, 4.69) is 5.32 Å². The van der Waals surface area contributed by atoms with Crippen LogP contribution in [-0.4, -0.2) is 44.7 Å². The predicted octanol–water partition coefficient (Wildman–Crippen LogP) is 1.98. The van der Waals surface area contributed by atoms with E-state index in [0.717, 1.165) is 0 Å². The molecule has 1 fully saturated rings. The SMILES string of the molecule is CC(C)C1SCC(C(=O)O)N1C(=O)NC(C)(C)C. The minimum absolute atomic E-state index is 0.0755. The number of amides is 2. The van der Waals surface area contributed by atoms with Crippen molar-refractivity contribution in [2.45, 2.75) is 51.6 Å². The molecule has 104 valence electrons. The maximum absolute atomic E-state index is 12.2. The lowest BCUT2D eigenvalue weighted by molar-refractivity contribution is -0.141. The number of hydrogen-bond donors (Lipinski definition) is 2. The average Bonchev–Trinajstić information content (AvgIpc) is 2.58. The van der Waals surface area contributed by atoms with E-state index in [9.17, 15) is 14.7 Å². The van der Waals surface area contributed by atoms with Gasteiger partial charge in [0.05, 0.1) is 5.37 Å². The van der Waals surface area contributed by atoms with Gasteiger partial charge in [-0.1, -0.05) is 13.8 Å². The maximum Gasteiger partial charge on any atom is 0.327 e. The molecule has 0 aliphatic carbocycles. The highest BCUT2D eigenvalue weighted by Gasteiger charge is 2.43. The van der Waals surface area contributed by atoms with Gasteiger partial charge in [-0.15, -0.1) is 11.8 Å². The number of carboxylic acids is 1. The van der Waals surface area contributed by atoms with Crippen LogP contribution in [0, 0.1) is 5.92 Å². The lowest BCUT2D eigenvalue weighted by atomic mass is 10.1. The number of nitrogens with one attached hydrogen (secondary N) is 1. The average molecular weight is 274 g/mol. The van der Waals surface area contributed by atoms with Crippen LogP contribution in [0.2, 0.25) is 0 Å². The minimum Gasteiger partial charge on any atom is -0.480 e. The number of urea groups is 1. The van der Waals surface area contributed by atoms with Gasteiger partial charge in [0.25, 0.3) is 0 Å². The van der Waals surface area contributed by atoms with Crippen molar-refractivity contribution in [2.75, 3.05) is 5.75 Å². The van der Waals surface area contributed by atoms with Crippen molar-refractivity contribution in [1.82, 2.24) is 10.2 Å². The van der Waals surface area contributed by atoms with Gasteiger partial charge in [-0.3, -0.25) is 4.90 Å². The van der Waals surface area contributed by atoms with Crippen molar-refractivity contribution in [1.29, 1.82) is 0 Å². The Morgan fingerprint density at radius 3 is 2.33 bits per heavy atom. The molecule has 5 nitrogen and oxygen atoms in total. The lowest BCUT2D eigenvalue weighted by Crippen LogP contribution is -2.55. The van der Waals surface area contributed by atoms with Gasteiger partial charge in [0, 0.05) is 11.3 Å². The van der Waals surface area contributed by atoms with Gasteiger partial charge in [-0.25, -0.2) is 9.59 Å². The fraction of sp³-hybridized carbons (Fsp3) is 0.833.